The zero-order valence-electron chi connectivity index (χ0n) is 10.5. The number of hydrogen-bond donors (Lipinski definition) is 3. The van der Waals surface area contributed by atoms with Crippen molar-refractivity contribution in [3.05, 3.63) is 28.2 Å². The van der Waals surface area contributed by atoms with Crippen molar-refractivity contribution in [2.45, 2.75) is 32.2 Å². The van der Waals surface area contributed by atoms with Crippen LogP contribution in [0.15, 0.2) is 16.9 Å². The van der Waals surface area contributed by atoms with Gasteiger partial charge in [-0.15, -0.1) is 12.4 Å². The summed E-state index contributed by atoms with van der Waals surface area (Å²) in [5, 5.41) is 8.56. The molecule has 0 aliphatic carbocycles. The van der Waals surface area contributed by atoms with Crippen LogP contribution in [0.25, 0.3) is 0 Å². The van der Waals surface area contributed by atoms with E-state index in [1.54, 1.807) is 0 Å². The van der Waals surface area contributed by atoms with Crippen LogP contribution in [0.5, 0.6) is 0 Å². The number of nitrogens with one attached hydrogen (secondary N) is 2. The van der Waals surface area contributed by atoms with Gasteiger partial charge in [-0.3, -0.25) is 9.59 Å². The number of hydrogen-bond acceptors (Lipinski definition) is 4. The molecule has 0 radical (unpaired) electrons. The zero-order chi connectivity index (χ0) is 12.9. The lowest BCUT2D eigenvalue weighted by Crippen LogP contribution is -2.49. The van der Waals surface area contributed by atoms with Crippen molar-refractivity contribution < 1.29 is 4.79 Å². The molecule has 7 heteroatoms. The molecule has 102 valence electrons. The lowest BCUT2D eigenvalue weighted by Gasteiger charge is -2.26. The number of amides is 1. The van der Waals surface area contributed by atoms with Gasteiger partial charge in [0.1, 0.15) is 5.69 Å². The van der Waals surface area contributed by atoms with Crippen molar-refractivity contribution in [1.29, 1.82) is 0 Å². The average Bonchev–Trinajstić information content (AvgIpc) is 2.36. The van der Waals surface area contributed by atoms with Gasteiger partial charge in [0.25, 0.3) is 11.5 Å². The van der Waals surface area contributed by atoms with E-state index >= 15 is 0 Å². The Balaban J connectivity index is 0.00000289. The van der Waals surface area contributed by atoms with E-state index in [0.29, 0.717) is 6.54 Å². The fourth-order valence-corrected chi connectivity index (χ4v) is 1.32. The second-order valence-electron chi connectivity index (χ2n) is 4.06. The largest absolute Gasteiger partial charge is 0.349 e. The molecule has 6 nitrogen and oxygen atoms in total. The van der Waals surface area contributed by atoms with E-state index in [0.717, 1.165) is 12.8 Å². The number of H-pyrrole nitrogens is 1. The Morgan fingerprint density at radius 3 is 2.50 bits per heavy atom. The fraction of sp³-hybridized carbons (Fsp3) is 0.545. The van der Waals surface area contributed by atoms with E-state index in [4.69, 9.17) is 5.73 Å². The van der Waals surface area contributed by atoms with Crippen LogP contribution in [0.3, 0.4) is 0 Å². The van der Waals surface area contributed by atoms with Gasteiger partial charge in [0.2, 0.25) is 0 Å². The van der Waals surface area contributed by atoms with Crippen molar-refractivity contribution in [3.63, 3.8) is 0 Å². The summed E-state index contributed by atoms with van der Waals surface area (Å²) in [6, 6.07) is 2.64. The van der Waals surface area contributed by atoms with Gasteiger partial charge in [0.15, 0.2) is 0 Å². The summed E-state index contributed by atoms with van der Waals surface area (Å²) in [4.78, 5) is 22.5. The van der Waals surface area contributed by atoms with Gasteiger partial charge < -0.3 is 11.1 Å². The van der Waals surface area contributed by atoms with Crippen molar-refractivity contribution in [2.24, 2.45) is 5.73 Å². The fourth-order valence-electron chi connectivity index (χ4n) is 1.32. The molecule has 0 spiro atoms. The molecule has 0 aliphatic heterocycles. The molecule has 0 unspecified atom stereocenters. The molecule has 0 bridgehead atoms. The summed E-state index contributed by atoms with van der Waals surface area (Å²) in [6.07, 6.45) is 1.56. The smallest absolute Gasteiger partial charge is 0.271 e. The first-order valence-electron chi connectivity index (χ1n) is 5.63. The molecule has 1 aromatic rings. The van der Waals surface area contributed by atoms with Crippen molar-refractivity contribution in [1.82, 2.24) is 15.5 Å². The first kappa shape index (κ1) is 16.6. The Morgan fingerprint density at radius 2 is 2.06 bits per heavy atom. The number of aromatic nitrogens is 2. The van der Waals surface area contributed by atoms with E-state index in [2.05, 4.69) is 15.5 Å². The molecular weight excluding hydrogens is 256 g/mol. The summed E-state index contributed by atoms with van der Waals surface area (Å²) >= 11 is 0. The molecule has 0 atom stereocenters. The molecule has 1 heterocycles. The predicted octanol–water partition coefficient (Wildman–Crippen LogP) is 0.439. The van der Waals surface area contributed by atoms with Gasteiger partial charge >= 0.3 is 0 Å². The highest BCUT2D eigenvalue weighted by molar-refractivity contribution is 5.92. The molecule has 4 N–H and O–H groups in total. The Bertz CT molecular complexity index is 422. The second-order valence-corrected chi connectivity index (χ2v) is 4.06. The molecular formula is C11H19ClN4O2. The Kier molecular flexibility index (Phi) is 6.57. The van der Waals surface area contributed by atoms with E-state index in [1.807, 2.05) is 13.8 Å². The highest BCUT2D eigenvalue weighted by atomic mass is 35.5. The van der Waals surface area contributed by atoms with E-state index in [1.165, 1.54) is 12.1 Å². The quantitative estimate of drug-likeness (QED) is 0.725. The minimum absolute atomic E-state index is 0. The molecule has 0 fully saturated rings. The standard InChI is InChI=1S/C11H18N4O2.ClH/c1-3-11(12,4-2)7-13-10(17)8-5-6-9(16)15-14-8;/h5-6H,3-4,7,12H2,1-2H3,(H,13,17)(H,15,16);1H. The number of nitrogens with two attached hydrogens (primary N) is 1. The van der Waals surface area contributed by atoms with Crippen molar-refractivity contribution in [2.75, 3.05) is 6.54 Å². The summed E-state index contributed by atoms with van der Waals surface area (Å²) in [7, 11) is 0. The summed E-state index contributed by atoms with van der Waals surface area (Å²) in [5.41, 5.74) is 5.51. The van der Waals surface area contributed by atoms with Gasteiger partial charge in [0, 0.05) is 18.2 Å². The lowest BCUT2D eigenvalue weighted by molar-refractivity contribution is 0.0936. The van der Waals surface area contributed by atoms with Gasteiger partial charge in [0.05, 0.1) is 0 Å². The van der Waals surface area contributed by atoms with Gasteiger partial charge in [-0.25, -0.2) is 5.10 Å². The van der Waals surface area contributed by atoms with Crippen LogP contribution in [0.2, 0.25) is 0 Å². The van der Waals surface area contributed by atoms with Crippen LogP contribution in [0.1, 0.15) is 37.2 Å². The highest BCUT2D eigenvalue weighted by Gasteiger charge is 2.21. The number of halogens is 1. The third kappa shape index (κ3) is 4.46. The maximum atomic E-state index is 11.7. The van der Waals surface area contributed by atoms with E-state index in [-0.39, 0.29) is 29.6 Å². The van der Waals surface area contributed by atoms with Crippen LogP contribution in [0, 0.1) is 0 Å². The highest BCUT2D eigenvalue weighted by Crippen LogP contribution is 2.09. The number of nitrogens with zero attached hydrogens (tertiary/aromatic N) is 1. The SMILES string of the molecule is CCC(N)(CC)CNC(=O)c1ccc(=O)[nH]n1.Cl. The van der Waals surface area contributed by atoms with Crippen LogP contribution in [0.4, 0.5) is 0 Å². The monoisotopic (exact) mass is 274 g/mol. The van der Waals surface area contributed by atoms with Gasteiger partial charge in [-0.05, 0) is 18.9 Å². The topological polar surface area (TPSA) is 101 Å². The molecule has 1 amide bonds. The first-order valence-corrected chi connectivity index (χ1v) is 5.63. The molecule has 1 rings (SSSR count). The predicted molar refractivity (Wildman–Crippen MR) is 71.9 cm³/mol. The number of rotatable bonds is 5. The lowest BCUT2D eigenvalue weighted by atomic mass is 9.94. The number of aromatic amines is 1. The maximum Gasteiger partial charge on any atom is 0.271 e. The average molecular weight is 275 g/mol. The molecule has 1 aromatic heterocycles. The Labute approximate surface area is 112 Å². The summed E-state index contributed by atoms with van der Waals surface area (Å²) in [5.74, 6) is -0.335. The minimum atomic E-state index is -0.391. The zero-order valence-corrected chi connectivity index (χ0v) is 11.3. The van der Waals surface area contributed by atoms with Crippen LogP contribution in [-0.2, 0) is 0 Å². The van der Waals surface area contributed by atoms with Crippen LogP contribution in [-0.4, -0.2) is 28.2 Å². The van der Waals surface area contributed by atoms with Crippen molar-refractivity contribution >= 4 is 18.3 Å². The molecule has 0 saturated carbocycles. The molecule has 0 aliphatic rings. The normalized spacial score (nSPS) is 10.6. The van der Waals surface area contributed by atoms with E-state index < -0.39 is 5.54 Å². The molecule has 0 aromatic carbocycles. The minimum Gasteiger partial charge on any atom is -0.349 e. The Morgan fingerprint density at radius 1 is 1.44 bits per heavy atom. The van der Waals surface area contributed by atoms with Crippen LogP contribution < -0.4 is 16.6 Å². The maximum absolute atomic E-state index is 11.7. The van der Waals surface area contributed by atoms with E-state index in [9.17, 15) is 9.59 Å². The van der Waals surface area contributed by atoms with Gasteiger partial charge in [-0.2, -0.15) is 5.10 Å². The molecule has 0 saturated heterocycles. The third-order valence-electron chi connectivity index (χ3n) is 2.92. The Hall–Kier alpha value is -1.40. The first-order chi connectivity index (χ1) is 8.00. The summed E-state index contributed by atoms with van der Waals surface area (Å²) in [6.45, 7) is 4.35. The number of carbonyl (C=O) groups excluding carboxylic acids is 1. The van der Waals surface area contributed by atoms with Crippen LogP contribution >= 0.6 is 12.4 Å². The summed E-state index contributed by atoms with van der Waals surface area (Å²) < 4.78 is 0. The molecule has 18 heavy (non-hydrogen) atoms. The van der Waals surface area contributed by atoms with Crippen molar-refractivity contribution in [3.8, 4) is 0 Å². The van der Waals surface area contributed by atoms with Gasteiger partial charge in [-0.1, -0.05) is 13.8 Å². The third-order valence-corrected chi connectivity index (χ3v) is 2.92. The second kappa shape index (κ2) is 7.13. The number of carbonyl (C=O) groups is 1.